The number of aromatic nitrogens is 3. The highest BCUT2D eigenvalue weighted by Crippen LogP contribution is 2.16. The van der Waals surface area contributed by atoms with Crippen LogP contribution in [0.5, 0.6) is 0 Å². The molecule has 2 aliphatic rings. The fourth-order valence-electron chi connectivity index (χ4n) is 3.33. The fourth-order valence-corrected chi connectivity index (χ4v) is 3.33. The number of carbonyl (C=O) groups is 1. The lowest BCUT2D eigenvalue weighted by atomic mass is 10.1. The number of fused-ring (bicyclic) bond motifs is 1. The fraction of sp³-hybridized carbons (Fsp3) is 0.438. The van der Waals surface area contributed by atoms with Gasteiger partial charge in [0.15, 0.2) is 0 Å². The zero-order chi connectivity index (χ0) is 15.6. The summed E-state index contributed by atoms with van der Waals surface area (Å²) in [6.07, 6.45) is 3.22. The van der Waals surface area contributed by atoms with Crippen LogP contribution < -0.4 is 5.32 Å². The van der Waals surface area contributed by atoms with Gasteiger partial charge >= 0.3 is 0 Å². The van der Waals surface area contributed by atoms with Crippen molar-refractivity contribution in [2.24, 2.45) is 0 Å². The van der Waals surface area contributed by atoms with Gasteiger partial charge < -0.3 is 5.32 Å². The van der Waals surface area contributed by atoms with Crippen LogP contribution in [0.25, 0.3) is 5.69 Å². The van der Waals surface area contributed by atoms with Crippen molar-refractivity contribution in [2.75, 3.05) is 32.7 Å². The molecule has 0 bridgehead atoms. The molecule has 0 spiro atoms. The molecule has 120 valence electrons. The lowest BCUT2D eigenvalue weighted by molar-refractivity contribution is -0.131. The van der Waals surface area contributed by atoms with E-state index >= 15 is 0 Å². The van der Waals surface area contributed by atoms with Gasteiger partial charge in [-0.2, -0.15) is 5.10 Å². The van der Waals surface area contributed by atoms with Gasteiger partial charge in [0.25, 0.3) is 0 Å². The van der Waals surface area contributed by atoms with Crippen LogP contribution in [-0.4, -0.2) is 69.2 Å². The van der Waals surface area contributed by atoms with E-state index in [1.165, 1.54) is 11.9 Å². The molecule has 7 heteroatoms. The van der Waals surface area contributed by atoms with E-state index in [4.69, 9.17) is 0 Å². The predicted octanol–water partition coefficient (Wildman–Crippen LogP) is -0.117. The molecule has 2 saturated heterocycles. The summed E-state index contributed by atoms with van der Waals surface area (Å²) in [5.41, 5.74) is 2.25. The number of amides is 1. The Hall–Kier alpha value is -2.25. The summed E-state index contributed by atoms with van der Waals surface area (Å²) in [4.78, 5) is 20.6. The minimum absolute atomic E-state index is 0.00641. The third kappa shape index (κ3) is 2.97. The largest absolute Gasteiger partial charge is 0.353 e. The molecule has 1 N–H and O–H groups in total. The van der Waals surface area contributed by atoms with Crippen LogP contribution in [0.4, 0.5) is 0 Å². The third-order valence-electron chi connectivity index (χ3n) is 4.60. The van der Waals surface area contributed by atoms with Gasteiger partial charge in [-0.3, -0.25) is 14.6 Å². The maximum Gasteiger partial charge on any atom is 0.238 e. The number of hydrogen-bond donors (Lipinski definition) is 1. The molecule has 0 aliphatic carbocycles. The number of piperazine rings is 2. The summed E-state index contributed by atoms with van der Waals surface area (Å²) in [5, 5.41) is 7.10. The molecule has 23 heavy (non-hydrogen) atoms. The van der Waals surface area contributed by atoms with Crippen LogP contribution in [0.1, 0.15) is 5.56 Å². The topological polar surface area (TPSA) is 66.3 Å². The molecule has 3 heterocycles. The van der Waals surface area contributed by atoms with E-state index in [1.54, 1.807) is 11.0 Å². The van der Waals surface area contributed by atoms with Crippen molar-refractivity contribution in [2.45, 2.75) is 12.6 Å². The summed E-state index contributed by atoms with van der Waals surface area (Å²) in [7, 11) is 0. The molecule has 2 aromatic rings. The van der Waals surface area contributed by atoms with Gasteiger partial charge in [0.1, 0.15) is 18.7 Å². The molecule has 4 rings (SSSR count). The minimum Gasteiger partial charge on any atom is -0.353 e. The Labute approximate surface area is 134 Å². The van der Waals surface area contributed by atoms with E-state index in [-0.39, 0.29) is 11.9 Å². The van der Waals surface area contributed by atoms with Gasteiger partial charge in [-0.25, -0.2) is 9.67 Å². The van der Waals surface area contributed by atoms with Gasteiger partial charge in [-0.05, 0) is 17.7 Å². The third-order valence-corrected chi connectivity index (χ3v) is 4.60. The highest BCUT2D eigenvalue weighted by atomic mass is 16.2. The van der Waals surface area contributed by atoms with Gasteiger partial charge in [-0.15, -0.1) is 0 Å². The average Bonchev–Trinajstić information content (AvgIpc) is 3.11. The second kappa shape index (κ2) is 6.10. The van der Waals surface area contributed by atoms with E-state index in [0.29, 0.717) is 0 Å². The smallest absolute Gasteiger partial charge is 0.238 e. The molecule has 2 fully saturated rings. The van der Waals surface area contributed by atoms with E-state index in [9.17, 15) is 4.79 Å². The van der Waals surface area contributed by atoms with Crippen molar-refractivity contribution >= 4 is 5.91 Å². The monoisotopic (exact) mass is 312 g/mol. The molecule has 1 aromatic carbocycles. The minimum atomic E-state index is 0.00641. The van der Waals surface area contributed by atoms with Crippen LogP contribution in [-0.2, 0) is 11.3 Å². The molecule has 1 aromatic heterocycles. The summed E-state index contributed by atoms with van der Waals surface area (Å²) in [6, 6.07) is 8.34. The summed E-state index contributed by atoms with van der Waals surface area (Å²) in [5.74, 6) is 0.169. The maximum absolute atomic E-state index is 12.0. The summed E-state index contributed by atoms with van der Waals surface area (Å²) < 4.78 is 1.74. The van der Waals surface area contributed by atoms with Crippen LogP contribution in [0, 0.1) is 0 Å². The lowest BCUT2D eigenvalue weighted by Gasteiger charge is -2.43. The standard InChI is InChI=1S/C16H20N6O/c23-16-15-10-20(7-8-21(15)6-5-18-16)9-13-1-3-14(4-2-13)22-12-17-11-19-22/h1-4,11-12,15H,5-10H2,(H,18,23)/t15-/m0/s1. The van der Waals surface area contributed by atoms with E-state index in [2.05, 4.69) is 37.3 Å². The maximum atomic E-state index is 12.0. The van der Waals surface area contributed by atoms with Crippen molar-refractivity contribution in [3.63, 3.8) is 0 Å². The molecule has 0 unspecified atom stereocenters. The Balaban J connectivity index is 1.41. The highest BCUT2D eigenvalue weighted by Gasteiger charge is 2.34. The number of hydrogen-bond acceptors (Lipinski definition) is 5. The number of nitrogens with one attached hydrogen (secondary N) is 1. The quantitative estimate of drug-likeness (QED) is 0.856. The van der Waals surface area contributed by atoms with Crippen molar-refractivity contribution < 1.29 is 4.79 Å². The van der Waals surface area contributed by atoms with Gasteiger partial charge in [0.05, 0.1) is 5.69 Å². The first-order chi connectivity index (χ1) is 11.3. The first kappa shape index (κ1) is 14.3. The van der Waals surface area contributed by atoms with Crippen molar-refractivity contribution in [3.05, 3.63) is 42.5 Å². The molecule has 7 nitrogen and oxygen atoms in total. The Bertz CT molecular complexity index is 668. The number of rotatable bonds is 3. The van der Waals surface area contributed by atoms with Crippen LogP contribution >= 0.6 is 0 Å². The van der Waals surface area contributed by atoms with Crippen LogP contribution in [0.2, 0.25) is 0 Å². The molecular formula is C16H20N6O. The molecule has 1 atom stereocenters. The summed E-state index contributed by atoms with van der Waals surface area (Å²) in [6.45, 7) is 5.39. The Morgan fingerprint density at radius 1 is 1.17 bits per heavy atom. The van der Waals surface area contributed by atoms with E-state index in [0.717, 1.165) is 45.0 Å². The van der Waals surface area contributed by atoms with Crippen molar-refractivity contribution in [1.82, 2.24) is 29.9 Å². The lowest BCUT2D eigenvalue weighted by Crippen LogP contribution is -2.63. The first-order valence-corrected chi connectivity index (χ1v) is 7.98. The van der Waals surface area contributed by atoms with Crippen LogP contribution in [0.15, 0.2) is 36.9 Å². The second-order valence-corrected chi connectivity index (χ2v) is 6.08. The van der Waals surface area contributed by atoms with Crippen molar-refractivity contribution in [1.29, 1.82) is 0 Å². The van der Waals surface area contributed by atoms with Gasteiger partial charge in [0.2, 0.25) is 5.91 Å². The molecule has 0 radical (unpaired) electrons. The number of carbonyl (C=O) groups excluding carboxylic acids is 1. The Morgan fingerprint density at radius 3 is 2.83 bits per heavy atom. The number of benzene rings is 1. The Morgan fingerprint density at radius 2 is 2.04 bits per heavy atom. The summed E-state index contributed by atoms with van der Waals surface area (Å²) >= 11 is 0. The Kier molecular flexibility index (Phi) is 3.80. The average molecular weight is 312 g/mol. The molecule has 1 amide bonds. The predicted molar refractivity (Wildman–Crippen MR) is 85.0 cm³/mol. The van der Waals surface area contributed by atoms with E-state index in [1.807, 2.05) is 12.1 Å². The highest BCUT2D eigenvalue weighted by molar-refractivity contribution is 5.82. The zero-order valence-corrected chi connectivity index (χ0v) is 12.9. The SMILES string of the molecule is O=C1NCCN2CCN(Cc3ccc(-n4cncn4)cc3)C[C@@H]12. The molecule has 0 saturated carbocycles. The van der Waals surface area contributed by atoms with Crippen LogP contribution in [0.3, 0.4) is 0 Å². The second-order valence-electron chi connectivity index (χ2n) is 6.08. The molecular weight excluding hydrogens is 292 g/mol. The van der Waals surface area contributed by atoms with Gasteiger partial charge in [0, 0.05) is 39.3 Å². The number of nitrogens with zero attached hydrogens (tertiary/aromatic N) is 5. The van der Waals surface area contributed by atoms with Gasteiger partial charge in [-0.1, -0.05) is 12.1 Å². The zero-order valence-electron chi connectivity index (χ0n) is 12.9. The van der Waals surface area contributed by atoms with Crippen molar-refractivity contribution in [3.8, 4) is 5.69 Å². The molecule has 2 aliphatic heterocycles. The van der Waals surface area contributed by atoms with E-state index < -0.39 is 0 Å². The first-order valence-electron chi connectivity index (χ1n) is 7.98. The normalized spacial score (nSPS) is 22.6.